The number of nitrogens with one attached hydrogen (secondary N) is 2. The van der Waals surface area contributed by atoms with Gasteiger partial charge in [0, 0.05) is 12.2 Å². The van der Waals surface area contributed by atoms with Gasteiger partial charge in [-0.1, -0.05) is 18.2 Å². The summed E-state index contributed by atoms with van der Waals surface area (Å²) >= 11 is 0. The van der Waals surface area contributed by atoms with Crippen molar-refractivity contribution in [3.8, 4) is 0 Å². The van der Waals surface area contributed by atoms with E-state index in [-0.39, 0.29) is 0 Å². The molecule has 108 valence electrons. The average Bonchev–Trinajstić information content (AvgIpc) is 2.97. The highest BCUT2D eigenvalue weighted by Gasteiger charge is 2.35. The van der Waals surface area contributed by atoms with Crippen LogP contribution in [0, 0.1) is 17.8 Å². The summed E-state index contributed by atoms with van der Waals surface area (Å²) in [4.78, 5) is 0. The molecule has 0 aliphatic heterocycles. The maximum absolute atomic E-state index is 11.2. The zero-order chi connectivity index (χ0) is 14.2. The van der Waals surface area contributed by atoms with Crippen LogP contribution in [-0.2, 0) is 10.0 Å². The Balaban J connectivity index is 1.60. The minimum absolute atomic E-state index is 0.602. The fraction of sp³-hybridized carbons (Fsp3) is 0.467. The smallest absolute Gasteiger partial charge is 0.229 e. The Hall–Kier alpha value is -1.49. The lowest BCUT2D eigenvalue weighted by molar-refractivity contribution is 0.472. The summed E-state index contributed by atoms with van der Waals surface area (Å²) < 4.78 is 25.0. The maximum Gasteiger partial charge on any atom is 0.229 e. The Bertz CT molecular complexity index is 625. The van der Waals surface area contributed by atoms with Crippen LogP contribution in [0.25, 0.3) is 0 Å². The molecule has 1 aromatic rings. The Morgan fingerprint density at radius 2 is 2.00 bits per heavy atom. The van der Waals surface area contributed by atoms with Gasteiger partial charge in [-0.2, -0.15) is 0 Å². The SMILES string of the molecule is CS(=O)(=O)Nc1cccc(NCC2CC3C=CC2C3)c1. The zero-order valence-electron chi connectivity index (χ0n) is 11.5. The van der Waals surface area contributed by atoms with Crippen molar-refractivity contribution in [1.82, 2.24) is 0 Å². The van der Waals surface area contributed by atoms with E-state index >= 15 is 0 Å². The topological polar surface area (TPSA) is 58.2 Å². The molecule has 1 saturated carbocycles. The molecule has 0 spiro atoms. The predicted octanol–water partition coefficient (Wildman–Crippen LogP) is 2.68. The Kier molecular flexibility index (Phi) is 3.46. The molecule has 3 atom stereocenters. The van der Waals surface area contributed by atoms with Crippen molar-refractivity contribution in [3.63, 3.8) is 0 Å². The van der Waals surface area contributed by atoms with Crippen molar-refractivity contribution in [3.05, 3.63) is 36.4 Å². The lowest BCUT2D eigenvalue weighted by Crippen LogP contribution is -2.18. The second-order valence-electron chi connectivity index (χ2n) is 5.88. The van der Waals surface area contributed by atoms with Crippen LogP contribution >= 0.6 is 0 Å². The second-order valence-corrected chi connectivity index (χ2v) is 7.62. The van der Waals surface area contributed by atoms with Gasteiger partial charge in [0.05, 0.1) is 11.9 Å². The molecular formula is C15H20N2O2S. The first kappa shape index (κ1) is 13.5. The molecule has 2 aliphatic carbocycles. The average molecular weight is 292 g/mol. The molecular weight excluding hydrogens is 272 g/mol. The van der Waals surface area contributed by atoms with E-state index in [0.29, 0.717) is 11.6 Å². The van der Waals surface area contributed by atoms with E-state index in [4.69, 9.17) is 0 Å². The van der Waals surface area contributed by atoms with Crippen LogP contribution in [0.4, 0.5) is 11.4 Å². The van der Waals surface area contributed by atoms with Crippen molar-refractivity contribution in [1.29, 1.82) is 0 Å². The van der Waals surface area contributed by atoms with E-state index in [1.54, 1.807) is 6.07 Å². The quantitative estimate of drug-likeness (QED) is 0.820. The number of allylic oxidation sites excluding steroid dienone is 2. The number of fused-ring (bicyclic) bond motifs is 2. The third kappa shape index (κ3) is 3.15. The van der Waals surface area contributed by atoms with Crippen LogP contribution in [0.1, 0.15) is 12.8 Å². The van der Waals surface area contributed by atoms with Gasteiger partial charge in [0.2, 0.25) is 10.0 Å². The van der Waals surface area contributed by atoms with Crippen LogP contribution in [0.15, 0.2) is 36.4 Å². The highest BCUT2D eigenvalue weighted by molar-refractivity contribution is 7.92. The van der Waals surface area contributed by atoms with E-state index < -0.39 is 10.0 Å². The summed E-state index contributed by atoms with van der Waals surface area (Å²) in [6.45, 7) is 0.952. The molecule has 1 fully saturated rings. The molecule has 0 saturated heterocycles. The molecule has 4 nitrogen and oxygen atoms in total. The molecule has 2 bridgehead atoms. The fourth-order valence-corrected chi connectivity index (χ4v) is 3.84. The maximum atomic E-state index is 11.2. The number of hydrogen-bond donors (Lipinski definition) is 2. The summed E-state index contributed by atoms with van der Waals surface area (Å²) in [5, 5.41) is 3.43. The highest BCUT2D eigenvalue weighted by Crippen LogP contribution is 2.43. The Morgan fingerprint density at radius 1 is 1.20 bits per heavy atom. The van der Waals surface area contributed by atoms with E-state index in [2.05, 4.69) is 22.2 Å². The monoisotopic (exact) mass is 292 g/mol. The van der Waals surface area contributed by atoms with Gasteiger partial charge in [0.25, 0.3) is 0 Å². The van der Waals surface area contributed by atoms with E-state index in [1.807, 2.05) is 18.2 Å². The van der Waals surface area contributed by atoms with Gasteiger partial charge in [-0.05, 0) is 48.8 Å². The molecule has 3 unspecified atom stereocenters. The first-order chi connectivity index (χ1) is 9.49. The number of rotatable bonds is 5. The lowest BCUT2D eigenvalue weighted by atomic mass is 9.93. The standard InChI is InChI=1S/C15H20N2O2S/c1-20(18,19)17-15-4-2-3-14(9-15)16-10-13-8-11-5-6-12(13)7-11/h2-6,9,11-13,16-17H,7-8,10H2,1H3. The third-order valence-corrected chi connectivity index (χ3v) is 4.76. The Morgan fingerprint density at radius 3 is 2.65 bits per heavy atom. The van der Waals surface area contributed by atoms with Crippen LogP contribution in [0.3, 0.4) is 0 Å². The van der Waals surface area contributed by atoms with Crippen molar-refractivity contribution < 1.29 is 8.42 Å². The first-order valence-corrected chi connectivity index (χ1v) is 8.89. The van der Waals surface area contributed by atoms with Gasteiger partial charge < -0.3 is 5.32 Å². The molecule has 0 radical (unpaired) electrons. The molecule has 1 aromatic carbocycles. The number of anilines is 2. The summed E-state index contributed by atoms with van der Waals surface area (Å²) in [7, 11) is -3.22. The Labute approximate surface area is 120 Å². The molecule has 0 amide bonds. The molecule has 5 heteroatoms. The normalized spacial score (nSPS) is 27.8. The van der Waals surface area contributed by atoms with Crippen LogP contribution in [-0.4, -0.2) is 21.2 Å². The van der Waals surface area contributed by atoms with Gasteiger partial charge >= 0.3 is 0 Å². The van der Waals surface area contributed by atoms with E-state index in [0.717, 1.165) is 30.3 Å². The molecule has 2 N–H and O–H groups in total. The van der Waals surface area contributed by atoms with Crippen LogP contribution in [0.2, 0.25) is 0 Å². The second kappa shape index (κ2) is 5.13. The summed E-state index contributed by atoms with van der Waals surface area (Å²) in [5.74, 6) is 2.21. The number of benzene rings is 1. The molecule has 20 heavy (non-hydrogen) atoms. The van der Waals surface area contributed by atoms with Gasteiger partial charge in [-0.3, -0.25) is 4.72 Å². The zero-order valence-corrected chi connectivity index (χ0v) is 12.4. The minimum atomic E-state index is -3.22. The van der Waals surface area contributed by atoms with Crippen molar-refractivity contribution >= 4 is 21.4 Å². The summed E-state index contributed by atoms with van der Waals surface area (Å²) in [5.41, 5.74) is 1.57. The van der Waals surface area contributed by atoms with Crippen molar-refractivity contribution in [2.24, 2.45) is 17.8 Å². The highest BCUT2D eigenvalue weighted by atomic mass is 32.2. The minimum Gasteiger partial charge on any atom is -0.385 e. The molecule has 3 rings (SSSR count). The lowest BCUT2D eigenvalue weighted by Gasteiger charge is -2.19. The van der Waals surface area contributed by atoms with Gasteiger partial charge in [0.15, 0.2) is 0 Å². The number of hydrogen-bond acceptors (Lipinski definition) is 3. The van der Waals surface area contributed by atoms with Crippen LogP contribution in [0.5, 0.6) is 0 Å². The fourth-order valence-electron chi connectivity index (χ4n) is 3.28. The molecule has 2 aliphatic rings. The first-order valence-electron chi connectivity index (χ1n) is 7.00. The summed E-state index contributed by atoms with van der Waals surface area (Å²) in [6.07, 6.45) is 8.44. The molecule has 0 aromatic heterocycles. The third-order valence-electron chi connectivity index (χ3n) is 4.15. The van der Waals surface area contributed by atoms with Crippen LogP contribution < -0.4 is 10.0 Å². The van der Waals surface area contributed by atoms with Gasteiger partial charge in [0.1, 0.15) is 0 Å². The number of sulfonamides is 1. The summed E-state index contributed by atoms with van der Waals surface area (Å²) in [6, 6.07) is 7.42. The van der Waals surface area contributed by atoms with E-state index in [9.17, 15) is 8.42 Å². The van der Waals surface area contributed by atoms with Gasteiger partial charge in [-0.25, -0.2) is 8.42 Å². The van der Waals surface area contributed by atoms with E-state index in [1.165, 1.54) is 12.8 Å². The predicted molar refractivity (Wildman–Crippen MR) is 82.2 cm³/mol. The van der Waals surface area contributed by atoms with Crippen molar-refractivity contribution in [2.45, 2.75) is 12.8 Å². The van der Waals surface area contributed by atoms with Gasteiger partial charge in [-0.15, -0.1) is 0 Å². The van der Waals surface area contributed by atoms with Crippen molar-refractivity contribution in [2.75, 3.05) is 22.8 Å². The largest absolute Gasteiger partial charge is 0.385 e. The molecule has 0 heterocycles.